The van der Waals surface area contributed by atoms with E-state index in [0.29, 0.717) is 6.54 Å². The number of likely N-dealkylation sites (tertiary alicyclic amines) is 1. The van der Waals surface area contributed by atoms with E-state index in [2.05, 4.69) is 22.1 Å². The minimum Gasteiger partial charge on any atom is -0.324 e. The summed E-state index contributed by atoms with van der Waals surface area (Å²) in [5, 5.41) is 3.13. The van der Waals surface area contributed by atoms with Crippen molar-refractivity contribution in [3.8, 4) is 11.8 Å². The Hall–Kier alpha value is -1.50. The molecule has 4 heteroatoms. The van der Waals surface area contributed by atoms with E-state index in [4.69, 9.17) is 0 Å². The van der Waals surface area contributed by atoms with Crippen LogP contribution in [-0.2, 0) is 4.79 Å². The smallest absolute Gasteiger partial charge is 0.241 e. The van der Waals surface area contributed by atoms with Gasteiger partial charge >= 0.3 is 0 Å². The second-order valence-corrected chi connectivity index (χ2v) is 5.66. The van der Waals surface area contributed by atoms with Crippen LogP contribution in [0.4, 0.5) is 5.69 Å². The molecule has 1 aromatic rings. The molecule has 1 amide bonds. The van der Waals surface area contributed by atoms with Gasteiger partial charge in [0.25, 0.3) is 0 Å². The minimum atomic E-state index is -0.0568. The molecule has 0 aromatic heterocycles. The van der Waals surface area contributed by atoms with Gasteiger partial charge in [-0.05, 0) is 51.3 Å². The van der Waals surface area contributed by atoms with E-state index in [-0.39, 0.29) is 24.4 Å². The molecule has 2 rings (SSSR count). The number of benzene rings is 1. The molecule has 1 saturated heterocycles. The number of para-hydroxylation sites is 1. The van der Waals surface area contributed by atoms with Crippen LogP contribution >= 0.6 is 12.4 Å². The standard InChI is InChI=1S/C18H24N2O.ClH/c1-4-5-12-20-13-7-6-11-16(20)18(21)19-17-14(2)9-8-10-15(17)3;/h8-10,16H,6-7,11-13H2,1-3H3,(H,19,21);1H/t16-;/m0./s1. The average molecular weight is 321 g/mol. The van der Waals surface area contributed by atoms with E-state index in [1.165, 1.54) is 0 Å². The lowest BCUT2D eigenvalue weighted by Crippen LogP contribution is -2.47. The van der Waals surface area contributed by atoms with Gasteiger partial charge in [0.05, 0.1) is 12.6 Å². The molecule has 1 heterocycles. The average Bonchev–Trinajstić information content (AvgIpc) is 2.49. The van der Waals surface area contributed by atoms with Gasteiger partial charge in [-0.1, -0.05) is 30.5 Å². The van der Waals surface area contributed by atoms with Gasteiger partial charge in [-0.15, -0.1) is 18.3 Å². The van der Waals surface area contributed by atoms with Crippen molar-refractivity contribution < 1.29 is 4.79 Å². The highest BCUT2D eigenvalue weighted by molar-refractivity contribution is 5.96. The summed E-state index contributed by atoms with van der Waals surface area (Å²) in [5.41, 5.74) is 3.17. The molecule has 1 aromatic carbocycles. The number of amides is 1. The number of nitrogens with one attached hydrogen (secondary N) is 1. The van der Waals surface area contributed by atoms with Gasteiger partial charge in [0.1, 0.15) is 0 Å². The molecule has 1 fully saturated rings. The van der Waals surface area contributed by atoms with E-state index < -0.39 is 0 Å². The fraction of sp³-hybridized carbons (Fsp3) is 0.500. The van der Waals surface area contributed by atoms with Crippen LogP contribution in [0, 0.1) is 25.7 Å². The number of rotatable bonds is 3. The summed E-state index contributed by atoms with van der Waals surface area (Å²) in [5.74, 6) is 6.11. The largest absolute Gasteiger partial charge is 0.324 e. The summed E-state index contributed by atoms with van der Waals surface area (Å²) in [6.45, 7) is 7.55. The maximum absolute atomic E-state index is 12.6. The summed E-state index contributed by atoms with van der Waals surface area (Å²) in [4.78, 5) is 14.8. The van der Waals surface area contributed by atoms with Gasteiger partial charge in [-0.25, -0.2) is 0 Å². The lowest BCUT2D eigenvalue weighted by atomic mass is 10.0. The van der Waals surface area contributed by atoms with Crippen molar-refractivity contribution in [2.24, 2.45) is 0 Å². The van der Waals surface area contributed by atoms with Crippen LogP contribution in [0.2, 0.25) is 0 Å². The summed E-state index contributed by atoms with van der Waals surface area (Å²) in [6.07, 6.45) is 3.18. The molecule has 0 spiro atoms. The first kappa shape index (κ1) is 18.5. The first-order valence-corrected chi connectivity index (χ1v) is 7.64. The third-order valence-electron chi connectivity index (χ3n) is 4.10. The quantitative estimate of drug-likeness (QED) is 0.864. The van der Waals surface area contributed by atoms with Crippen LogP contribution in [-0.4, -0.2) is 29.9 Å². The van der Waals surface area contributed by atoms with Crippen LogP contribution in [0.15, 0.2) is 18.2 Å². The highest BCUT2D eigenvalue weighted by atomic mass is 35.5. The second kappa shape index (κ2) is 8.82. The zero-order valence-electron chi connectivity index (χ0n) is 13.6. The molecular weight excluding hydrogens is 296 g/mol. The number of halogens is 1. The van der Waals surface area contributed by atoms with E-state index in [9.17, 15) is 4.79 Å². The number of nitrogens with zero attached hydrogens (tertiary/aromatic N) is 1. The molecular formula is C18H25ClN2O. The zero-order chi connectivity index (χ0) is 15.2. The number of hydrogen-bond acceptors (Lipinski definition) is 2. The van der Waals surface area contributed by atoms with Crippen molar-refractivity contribution in [1.82, 2.24) is 4.90 Å². The van der Waals surface area contributed by atoms with Gasteiger partial charge in [-0.3, -0.25) is 9.69 Å². The normalized spacial score (nSPS) is 17.9. The van der Waals surface area contributed by atoms with Crippen LogP contribution in [0.1, 0.15) is 37.3 Å². The van der Waals surface area contributed by atoms with Gasteiger partial charge in [0, 0.05) is 5.69 Å². The summed E-state index contributed by atoms with van der Waals surface area (Å²) >= 11 is 0. The lowest BCUT2D eigenvalue weighted by molar-refractivity contribution is -0.122. The van der Waals surface area contributed by atoms with Crippen LogP contribution < -0.4 is 5.32 Å². The van der Waals surface area contributed by atoms with Gasteiger partial charge in [0.2, 0.25) is 5.91 Å². The van der Waals surface area contributed by atoms with Crippen molar-refractivity contribution in [3.05, 3.63) is 29.3 Å². The van der Waals surface area contributed by atoms with Crippen LogP contribution in [0.3, 0.4) is 0 Å². The molecule has 1 N–H and O–H groups in total. The maximum Gasteiger partial charge on any atom is 0.241 e. The minimum absolute atomic E-state index is 0. The van der Waals surface area contributed by atoms with Crippen molar-refractivity contribution in [1.29, 1.82) is 0 Å². The highest BCUT2D eigenvalue weighted by Gasteiger charge is 2.28. The Kier molecular flexibility index (Phi) is 7.44. The van der Waals surface area contributed by atoms with Gasteiger partial charge in [0.15, 0.2) is 0 Å². The van der Waals surface area contributed by atoms with E-state index in [1.54, 1.807) is 0 Å². The molecule has 0 saturated carbocycles. The lowest BCUT2D eigenvalue weighted by Gasteiger charge is -2.33. The fourth-order valence-corrected chi connectivity index (χ4v) is 2.88. The van der Waals surface area contributed by atoms with Crippen LogP contribution in [0.25, 0.3) is 0 Å². The monoisotopic (exact) mass is 320 g/mol. The van der Waals surface area contributed by atoms with Crippen molar-refractivity contribution >= 4 is 24.0 Å². The Labute approximate surface area is 139 Å². The number of piperidine rings is 1. The fourth-order valence-electron chi connectivity index (χ4n) is 2.88. The number of carbonyl (C=O) groups is 1. The third-order valence-corrected chi connectivity index (χ3v) is 4.10. The van der Waals surface area contributed by atoms with E-state index >= 15 is 0 Å². The number of hydrogen-bond donors (Lipinski definition) is 1. The molecule has 22 heavy (non-hydrogen) atoms. The Balaban J connectivity index is 0.00000242. The Bertz CT molecular complexity index is 554. The predicted octanol–water partition coefficient (Wildman–Crippen LogP) is 3.54. The molecule has 0 radical (unpaired) electrons. The van der Waals surface area contributed by atoms with Gasteiger partial charge in [-0.2, -0.15) is 0 Å². The Morgan fingerprint density at radius 1 is 1.32 bits per heavy atom. The van der Waals surface area contributed by atoms with Crippen molar-refractivity contribution in [3.63, 3.8) is 0 Å². The molecule has 1 aliphatic rings. The molecule has 3 nitrogen and oxygen atoms in total. The summed E-state index contributed by atoms with van der Waals surface area (Å²) in [6, 6.07) is 6.02. The van der Waals surface area contributed by atoms with Crippen molar-refractivity contribution in [2.45, 2.75) is 46.1 Å². The third kappa shape index (κ3) is 4.50. The second-order valence-electron chi connectivity index (χ2n) is 5.66. The first-order valence-electron chi connectivity index (χ1n) is 7.64. The first-order chi connectivity index (χ1) is 10.1. The molecule has 1 atom stereocenters. The Morgan fingerprint density at radius 3 is 2.64 bits per heavy atom. The topological polar surface area (TPSA) is 32.3 Å². The Morgan fingerprint density at radius 2 is 2.00 bits per heavy atom. The van der Waals surface area contributed by atoms with Gasteiger partial charge < -0.3 is 5.32 Å². The van der Waals surface area contributed by atoms with Crippen LogP contribution in [0.5, 0.6) is 0 Å². The SMILES string of the molecule is CC#CCN1CCCC[C@H]1C(=O)Nc1c(C)cccc1C.Cl. The van der Waals surface area contributed by atoms with E-state index in [0.717, 1.165) is 42.6 Å². The predicted molar refractivity (Wildman–Crippen MR) is 94.5 cm³/mol. The van der Waals surface area contributed by atoms with E-state index in [1.807, 2.05) is 39.0 Å². The number of anilines is 1. The molecule has 1 aliphatic heterocycles. The van der Waals surface area contributed by atoms with Crippen molar-refractivity contribution in [2.75, 3.05) is 18.4 Å². The zero-order valence-corrected chi connectivity index (χ0v) is 14.4. The molecule has 0 bridgehead atoms. The molecule has 120 valence electrons. The highest BCUT2D eigenvalue weighted by Crippen LogP contribution is 2.22. The molecule has 0 unspecified atom stereocenters. The maximum atomic E-state index is 12.6. The number of carbonyl (C=O) groups excluding carboxylic acids is 1. The number of aryl methyl sites for hydroxylation is 2. The summed E-state index contributed by atoms with van der Waals surface area (Å²) < 4.78 is 0. The molecule has 0 aliphatic carbocycles. The summed E-state index contributed by atoms with van der Waals surface area (Å²) in [7, 11) is 0.